The molecule has 9 heteroatoms. The Kier molecular flexibility index (Phi) is 5.69. The molecule has 0 amide bonds. The number of nitrogens with zero attached hydrogens (tertiary/aromatic N) is 4. The van der Waals surface area contributed by atoms with Gasteiger partial charge >= 0.3 is 0 Å². The van der Waals surface area contributed by atoms with E-state index in [4.69, 9.17) is 0 Å². The van der Waals surface area contributed by atoms with Crippen molar-refractivity contribution in [3.8, 4) is 0 Å². The highest BCUT2D eigenvalue weighted by atomic mass is 16.3. The molecule has 1 atom stereocenters. The maximum atomic E-state index is 9.41. The van der Waals surface area contributed by atoms with Gasteiger partial charge in [0.05, 0.1) is 6.10 Å². The monoisotopic (exact) mass is 332 g/mol. The molecule has 24 heavy (non-hydrogen) atoms. The van der Waals surface area contributed by atoms with Gasteiger partial charge in [-0.1, -0.05) is 12.2 Å². The minimum atomic E-state index is -0.504. The molecule has 2 heterocycles. The molecule has 0 saturated carbocycles. The predicted octanol–water partition coefficient (Wildman–Crippen LogP) is 1.28. The van der Waals surface area contributed by atoms with E-state index in [-0.39, 0.29) is 0 Å². The Morgan fingerprint density at radius 1 is 1.00 bits per heavy atom. The average Bonchev–Trinajstić information content (AvgIpc) is 2.56. The quantitative estimate of drug-likeness (QED) is 0.455. The van der Waals surface area contributed by atoms with Crippen LogP contribution in [0.25, 0.3) is 11.0 Å². The van der Waals surface area contributed by atoms with E-state index in [1.807, 2.05) is 6.92 Å². The van der Waals surface area contributed by atoms with Crippen molar-refractivity contribution in [3.05, 3.63) is 12.2 Å². The van der Waals surface area contributed by atoms with Crippen molar-refractivity contribution >= 4 is 34.6 Å². The number of aliphatic hydroxyl groups is 1. The van der Waals surface area contributed by atoms with Crippen LogP contribution < -0.4 is 21.3 Å². The highest BCUT2D eigenvalue weighted by molar-refractivity contribution is 5.94. The Labute approximate surface area is 141 Å². The maximum Gasteiger partial charge on any atom is 0.225 e. The molecule has 0 radical (unpaired) electrons. The Hall–Kier alpha value is -2.68. The van der Waals surface area contributed by atoms with Crippen LogP contribution in [-0.4, -0.2) is 58.3 Å². The van der Waals surface area contributed by atoms with E-state index in [0.29, 0.717) is 47.7 Å². The van der Waals surface area contributed by atoms with Crippen LogP contribution in [0.3, 0.4) is 0 Å². The van der Waals surface area contributed by atoms with Crippen molar-refractivity contribution in [3.63, 3.8) is 0 Å². The molecule has 0 aliphatic heterocycles. The second-order valence-electron chi connectivity index (χ2n) is 5.53. The van der Waals surface area contributed by atoms with Gasteiger partial charge in [0.1, 0.15) is 11.0 Å². The molecule has 0 aliphatic carbocycles. The van der Waals surface area contributed by atoms with Crippen molar-refractivity contribution in [2.75, 3.05) is 48.5 Å². The van der Waals surface area contributed by atoms with Gasteiger partial charge in [0.2, 0.25) is 11.9 Å². The number of hydrogen-bond donors (Lipinski definition) is 5. The zero-order chi connectivity index (χ0) is 17.7. The summed E-state index contributed by atoms with van der Waals surface area (Å²) in [5, 5.41) is 21.6. The molecule has 0 aromatic carbocycles. The molecule has 2 aromatic rings. The molecule has 2 rings (SSSR count). The number of rotatable bonds is 8. The molecular weight excluding hydrogens is 308 g/mol. The van der Waals surface area contributed by atoms with Crippen molar-refractivity contribution in [2.45, 2.75) is 20.0 Å². The highest BCUT2D eigenvalue weighted by Crippen LogP contribution is 2.26. The van der Waals surface area contributed by atoms with Crippen LogP contribution in [0.1, 0.15) is 13.8 Å². The molecular formula is C15H24N8O. The summed E-state index contributed by atoms with van der Waals surface area (Å²) in [5.74, 6) is 2.03. The van der Waals surface area contributed by atoms with Gasteiger partial charge in [-0.05, 0) is 13.8 Å². The minimum absolute atomic E-state index is 0.350. The number of hydrogen-bond acceptors (Lipinski definition) is 9. The summed E-state index contributed by atoms with van der Waals surface area (Å²) in [4.78, 5) is 17.8. The lowest BCUT2D eigenvalue weighted by atomic mass is 10.3. The van der Waals surface area contributed by atoms with Crippen molar-refractivity contribution in [2.24, 2.45) is 0 Å². The molecule has 9 nitrogen and oxygen atoms in total. The maximum absolute atomic E-state index is 9.41. The van der Waals surface area contributed by atoms with Crippen LogP contribution >= 0.6 is 0 Å². The van der Waals surface area contributed by atoms with Gasteiger partial charge in [-0.15, -0.1) is 0 Å². The molecule has 0 fully saturated rings. The van der Waals surface area contributed by atoms with Crippen LogP contribution in [0.5, 0.6) is 0 Å². The first-order chi connectivity index (χ1) is 11.4. The number of anilines is 4. The van der Waals surface area contributed by atoms with Crippen LogP contribution in [0.4, 0.5) is 23.5 Å². The third-order valence-corrected chi connectivity index (χ3v) is 3.12. The Morgan fingerprint density at radius 3 is 1.92 bits per heavy atom. The van der Waals surface area contributed by atoms with E-state index >= 15 is 0 Å². The van der Waals surface area contributed by atoms with Gasteiger partial charge in [-0.2, -0.15) is 9.97 Å². The fourth-order valence-corrected chi connectivity index (χ4v) is 1.99. The Morgan fingerprint density at radius 2 is 1.50 bits per heavy atom. The van der Waals surface area contributed by atoms with Crippen LogP contribution in [0, 0.1) is 0 Å². The first kappa shape index (κ1) is 17.7. The van der Waals surface area contributed by atoms with Gasteiger partial charge in [-0.25, -0.2) is 9.97 Å². The molecule has 1 unspecified atom stereocenters. The van der Waals surface area contributed by atoms with E-state index in [1.54, 1.807) is 21.0 Å². The lowest BCUT2D eigenvalue weighted by Gasteiger charge is -2.13. The van der Waals surface area contributed by atoms with E-state index < -0.39 is 6.10 Å². The van der Waals surface area contributed by atoms with E-state index in [9.17, 15) is 5.11 Å². The minimum Gasteiger partial charge on any atom is -0.392 e. The van der Waals surface area contributed by atoms with Gasteiger partial charge in [0, 0.05) is 27.2 Å². The summed E-state index contributed by atoms with van der Waals surface area (Å²) in [5.41, 5.74) is 2.17. The fraction of sp³-hybridized carbons (Fsp3) is 0.467. The first-order valence-electron chi connectivity index (χ1n) is 7.70. The summed E-state index contributed by atoms with van der Waals surface area (Å²) in [6.45, 7) is 8.40. The van der Waals surface area contributed by atoms with Crippen LogP contribution in [0.15, 0.2) is 12.2 Å². The summed E-state index contributed by atoms with van der Waals surface area (Å²) in [7, 11) is 3.54. The molecule has 0 spiro atoms. The fourth-order valence-electron chi connectivity index (χ4n) is 1.99. The molecule has 5 N–H and O–H groups in total. The van der Waals surface area contributed by atoms with E-state index in [0.717, 1.165) is 5.57 Å². The van der Waals surface area contributed by atoms with Crippen molar-refractivity contribution in [1.82, 2.24) is 19.9 Å². The molecule has 0 aliphatic rings. The summed E-state index contributed by atoms with van der Waals surface area (Å²) in [6, 6.07) is 0. The molecule has 130 valence electrons. The Bertz CT molecular complexity index is 731. The van der Waals surface area contributed by atoms with Gasteiger partial charge < -0.3 is 26.4 Å². The van der Waals surface area contributed by atoms with Gasteiger partial charge in [0.15, 0.2) is 11.6 Å². The zero-order valence-electron chi connectivity index (χ0n) is 14.4. The predicted molar refractivity (Wildman–Crippen MR) is 97.7 cm³/mol. The molecule has 2 aromatic heterocycles. The first-order valence-corrected chi connectivity index (χ1v) is 7.70. The van der Waals surface area contributed by atoms with Gasteiger partial charge in [-0.3, -0.25) is 0 Å². The van der Waals surface area contributed by atoms with E-state index in [2.05, 4.69) is 47.8 Å². The van der Waals surface area contributed by atoms with Gasteiger partial charge in [0.25, 0.3) is 0 Å². The molecule has 0 saturated heterocycles. The molecule has 0 bridgehead atoms. The lowest BCUT2D eigenvalue weighted by Crippen LogP contribution is -2.18. The number of nitrogens with one attached hydrogen (secondary N) is 4. The van der Waals surface area contributed by atoms with Crippen LogP contribution in [-0.2, 0) is 0 Å². The lowest BCUT2D eigenvalue weighted by molar-refractivity contribution is 0.208. The van der Waals surface area contributed by atoms with Crippen molar-refractivity contribution in [1.29, 1.82) is 0 Å². The SMILES string of the molecule is C=C(C)CNc1nc(NC)c2nc(NCC(C)O)nc(NC)c2n1. The zero-order valence-corrected chi connectivity index (χ0v) is 14.4. The normalized spacial score (nSPS) is 11.9. The second kappa shape index (κ2) is 7.73. The largest absolute Gasteiger partial charge is 0.392 e. The average molecular weight is 332 g/mol. The van der Waals surface area contributed by atoms with E-state index in [1.165, 1.54) is 0 Å². The topological polar surface area (TPSA) is 120 Å². The third-order valence-electron chi connectivity index (χ3n) is 3.12. The summed E-state index contributed by atoms with van der Waals surface area (Å²) < 4.78 is 0. The van der Waals surface area contributed by atoms with Crippen LogP contribution in [0.2, 0.25) is 0 Å². The summed E-state index contributed by atoms with van der Waals surface area (Å²) >= 11 is 0. The summed E-state index contributed by atoms with van der Waals surface area (Å²) in [6.07, 6.45) is -0.504. The number of aromatic nitrogens is 4. The third kappa shape index (κ3) is 4.19. The standard InChI is InChI=1S/C15H24N8O/c1-8(2)6-18-14-20-10-11(12(16-4)22-14)21-15(19-7-9(3)24)23-13(10)17-5/h9,24H,1,6-7H2,2-5H3,(H2,16,18,20,22)(H2,17,19,21,23). The number of fused-ring (bicyclic) bond motifs is 1. The highest BCUT2D eigenvalue weighted by Gasteiger charge is 2.15. The number of aliphatic hydroxyl groups excluding tert-OH is 1. The van der Waals surface area contributed by atoms with Crippen molar-refractivity contribution < 1.29 is 5.11 Å². The second-order valence-corrected chi connectivity index (χ2v) is 5.53. The smallest absolute Gasteiger partial charge is 0.225 e. The Balaban J connectivity index is 2.49.